The van der Waals surface area contributed by atoms with E-state index in [0.717, 1.165) is 12.1 Å². The van der Waals surface area contributed by atoms with Gasteiger partial charge in [0.1, 0.15) is 6.07 Å². The van der Waals surface area contributed by atoms with Crippen LogP contribution in [0.15, 0.2) is 18.2 Å². The molecule has 0 aliphatic rings. The average Bonchev–Trinajstić information content (AvgIpc) is 2.24. The van der Waals surface area contributed by atoms with Crippen LogP contribution in [0.1, 0.15) is 18.1 Å². The zero-order valence-corrected chi connectivity index (χ0v) is 9.04. The lowest BCUT2D eigenvalue weighted by Crippen LogP contribution is -2.16. The van der Waals surface area contributed by atoms with Crippen molar-refractivity contribution >= 4 is 5.69 Å². The monoisotopic (exact) mass is 244 g/mol. The number of nitriles is 1. The Hall–Kier alpha value is -1.74. The molecule has 1 aromatic carbocycles. The van der Waals surface area contributed by atoms with E-state index in [4.69, 9.17) is 10.4 Å². The van der Waals surface area contributed by atoms with Gasteiger partial charge in [0.15, 0.2) is 0 Å². The minimum atomic E-state index is -4.46. The predicted molar refractivity (Wildman–Crippen MR) is 56.3 cm³/mol. The molecule has 0 amide bonds. The van der Waals surface area contributed by atoms with Crippen LogP contribution < -0.4 is 5.32 Å². The third kappa shape index (κ3) is 3.64. The van der Waals surface area contributed by atoms with Gasteiger partial charge in [0, 0.05) is 6.54 Å². The van der Waals surface area contributed by atoms with Gasteiger partial charge in [-0.3, -0.25) is 0 Å². The molecule has 0 aromatic heterocycles. The first kappa shape index (κ1) is 13.3. The topological polar surface area (TPSA) is 56.0 Å². The van der Waals surface area contributed by atoms with Gasteiger partial charge in [-0.15, -0.1) is 0 Å². The molecule has 0 aliphatic heterocycles. The van der Waals surface area contributed by atoms with E-state index < -0.39 is 17.8 Å². The van der Waals surface area contributed by atoms with E-state index in [2.05, 4.69) is 5.32 Å². The second-order valence-electron chi connectivity index (χ2n) is 3.60. The molecule has 2 N–H and O–H groups in total. The maximum atomic E-state index is 12.4. The molecule has 17 heavy (non-hydrogen) atoms. The minimum absolute atomic E-state index is 0.0968. The smallest absolute Gasteiger partial charge is 0.392 e. The van der Waals surface area contributed by atoms with Crippen molar-refractivity contribution < 1.29 is 18.3 Å². The first-order valence-electron chi connectivity index (χ1n) is 4.88. The number of hydrogen-bond acceptors (Lipinski definition) is 3. The molecule has 0 fully saturated rings. The van der Waals surface area contributed by atoms with Crippen molar-refractivity contribution in [3.8, 4) is 6.07 Å². The van der Waals surface area contributed by atoms with E-state index in [9.17, 15) is 13.2 Å². The largest absolute Gasteiger partial charge is 0.416 e. The molecule has 1 atom stereocenters. The zero-order valence-electron chi connectivity index (χ0n) is 9.04. The molecule has 0 radical (unpaired) electrons. The van der Waals surface area contributed by atoms with E-state index >= 15 is 0 Å². The Kier molecular flexibility index (Phi) is 3.97. The fourth-order valence-corrected chi connectivity index (χ4v) is 1.22. The highest BCUT2D eigenvalue weighted by molar-refractivity contribution is 5.59. The van der Waals surface area contributed by atoms with E-state index in [1.165, 1.54) is 13.0 Å². The lowest BCUT2D eigenvalue weighted by molar-refractivity contribution is -0.137. The highest BCUT2D eigenvalue weighted by Crippen LogP contribution is 2.31. The van der Waals surface area contributed by atoms with Crippen molar-refractivity contribution in [2.45, 2.75) is 19.2 Å². The Morgan fingerprint density at radius 2 is 2.12 bits per heavy atom. The second kappa shape index (κ2) is 5.06. The van der Waals surface area contributed by atoms with Gasteiger partial charge in [-0.2, -0.15) is 18.4 Å². The fourth-order valence-electron chi connectivity index (χ4n) is 1.22. The van der Waals surface area contributed by atoms with Gasteiger partial charge in [-0.1, -0.05) is 0 Å². The van der Waals surface area contributed by atoms with Gasteiger partial charge in [0.05, 0.1) is 22.9 Å². The molecular formula is C11H11F3N2O. The number of benzene rings is 1. The van der Waals surface area contributed by atoms with E-state index in [1.807, 2.05) is 0 Å². The van der Waals surface area contributed by atoms with Crippen molar-refractivity contribution in [2.24, 2.45) is 0 Å². The van der Waals surface area contributed by atoms with Gasteiger partial charge in [0.2, 0.25) is 0 Å². The Balaban J connectivity index is 2.99. The Labute approximate surface area is 96.5 Å². The van der Waals surface area contributed by atoms with Crippen LogP contribution in [0.4, 0.5) is 18.9 Å². The number of nitrogens with one attached hydrogen (secondary N) is 1. The summed E-state index contributed by atoms with van der Waals surface area (Å²) in [6.07, 6.45) is -5.11. The van der Waals surface area contributed by atoms with Crippen molar-refractivity contribution in [1.29, 1.82) is 5.26 Å². The summed E-state index contributed by atoms with van der Waals surface area (Å²) in [4.78, 5) is 0. The molecule has 0 heterocycles. The van der Waals surface area contributed by atoms with Crippen LogP contribution in [0.3, 0.4) is 0 Å². The van der Waals surface area contributed by atoms with E-state index in [-0.39, 0.29) is 17.8 Å². The van der Waals surface area contributed by atoms with Crippen LogP contribution in [0.2, 0.25) is 0 Å². The Bertz CT molecular complexity index is 435. The van der Waals surface area contributed by atoms with Gasteiger partial charge < -0.3 is 10.4 Å². The summed E-state index contributed by atoms with van der Waals surface area (Å²) in [5, 5.41) is 20.5. The maximum Gasteiger partial charge on any atom is 0.416 e. The zero-order chi connectivity index (χ0) is 13.1. The van der Waals surface area contributed by atoms with Crippen LogP contribution >= 0.6 is 0 Å². The Morgan fingerprint density at radius 1 is 1.47 bits per heavy atom. The molecule has 0 unspecified atom stereocenters. The van der Waals surface area contributed by atoms with Crippen molar-refractivity contribution in [1.82, 2.24) is 0 Å². The molecule has 1 rings (SSSR count). The summed E-state index contributed by atoms with van der Waals surface area (Å²) >= 11 is 0. The highest BCUT2D eigenvalue weighted by Gasteiger charge is 2.31. The quantitative estimate of drug-likeness (QED) is 0.858. The SMILES string of the molecule is C[C@H](O)CNc1ccc(C(F)(F)F)cc1C#N. The lowest BCUT2D eigenvalue weighted by Gasteiger charge is -2.12. The number of aliphatic hydroxyl groups is 1. The molecule has 0 saturated carbocycles. The van der Waals surface area contributed by atoms with Crippen LogP contribution in [0, 0.1) is 11.3 Å². The molecular weight excluding hydrogens is 233 g/mol. The van der Waals surface area contributed by atoms with Crippen molar-refractivity contribution in [3.63, 3.8) is 0 Å². The maximum absolute atomic E-state index is 12.4. The van der Waals surface area contributed by atoms with Gasteiger partial charge in [-0.05, 0) is 25.1 Å². The molecule has 92 valence electrons. The summed E-state index contributed by atoms with van der Waals surface area (Å²) in [5.74, 6) is 0. The number of anilines is 1. The second-order valence-corrected chi connectivity index (χ2v) is 3.60. The van der Waals surface area contributed by atoms with Crippen LogP contribution in [0.5, 0.6) is 0 Å². The first-order chi connectivity index (χ1) is 7.84. The summed E-state index contributed by atoms with van der Waals surface area (Å²) in [6.45, 7) is 1.70. The van der Waals surface area contributed by atoms with E-state index in [0.29, 0.717) is 0 Å². The average molecular weight is 244 g/mol. The predicted octanol–water partition coefficient (Wildman–Crippen LogP) is 2.37. The lowest BCUT2D eigenvalue weighted by atomic mass is 10.1. The summed E-state index contributed by atoms with van der Waals surface area (Å²) in [5.41, 5.74) is -0.682. The number of hydrogen-bond donors (Lipinski definition) is 2. The summed E-state index contributed by atoms with van der Waals surface area (Å²) in [7, 11) is 0. The third-order valence-corrected chi connectivity index (χ3v) is 2.06. The third-order valence-electron chi connectivity index (χ3n) is 2.06. The number of halogens is 3. The van der Waals surface area contributed by atoms with Crippen LogP contribution in [-0.2, 0) is 6.18 Å². The summed E-state index contributed by atoms with van der Waals surface area (Å²) < 4.78 is 37.1. The normalized spacial score (nSPS) is 12.9. The van der Waals surface area contributed by atoms with Crippen LogP contribution in [-0.4, -0.2) is 17.8 Å². The molecule has 0 aliphatic carbocycles. The van der Waals surface area contributed by atoms with Crippen molar-refractivity contribution in [3.05, 3.63) is 29.3 Å². The van der Waals surface area contributed by atoms with Crippen LogP contribution in [0.25, 0.3) is 0 Å². The summed E-state index contributed by atoms with van der Waals surface area (Å²) in [6, 6.07) is 4.55. The molecule has 1 aromatic rings. The van der Waals surface area contributed by atoms with Gasteiger partial charge >= 0.3 is 6.18 Å². The number of aliphatic hydroxyl groups excluding tert-OH is 1. The van der Waals surface area contributed by atoms with E-state index in [1.54, 1.807) is 6.07 Å². The van der Waals surface area contributed by atoms with Gasteiger partial charge in [0.25, 0.3) is 0 Å². The number of rotatable bonds is 3. The molecule has 0 saturated heterocycles. The molecule has 6 heteroatoms. The minimum Gasteiger partial charge on any atom is -0.392 e. The number of alkyl halides is 3. The fraction of sp³-hybridized carbons (Fsp3) is 0.364. The first-order valence-corrected chi connectivity index (χ1v) is 4.88. The number of nitrogens with zero attached hydrogens (tertiary/aromatic N) is 1. The van der Waals surface area contributed by atoms with Crippen molar-refractivity contribution in [2.75, 3.05) is 11.9 Å². The standard InChI is InChI=1S/C11H11F3N2O/c1-7(17)6-16-10-3-2-9(11(12,13)14)4-8(10)5-15/h2-4,7,16-17H,6H2,1H3/t7-/m0/s1. The highest BCUT2D eigenvalue weighted by atomic mass is 19.4. The molecule has 0 spiro atoms. The molecule has 0 bridgehead atoms. The Morgan fingerprint density at radius 3 is 2.59 bits per heavy atom. The van der Waals surface area contributed by atoms with Gasteiger partial charge in [-0.25, -0.2) is 0 Å². The molecule has 3 nitrogen and oxygen atoms in total.